The third kappa shape index (κ3) is 6.03. The highest BCUT2D eigenvalue weighted by molar-refractivity contribution is 8.09. The van der Waals surface area contributed by atoms with Gasteiger partial charge in [-0.3, -0.25) is 4.79 Å². The van der Waals surface area contributed by atoms with E-state index in [1.54, 1.807) is 10.8 Å². The van der Waals surface area contributed by atoms with Crippen LogP contribution in [-0.4, -0.2) is 17.6 Å². The smallest absolute Gasteiger partial charge is 0.416 e. The van der Waals surface area contributed by atoms with E-state index in [0.29, 0.717) is 16.3 Å². The van der Waals surface area contributed by atoms with Gasteiger partial charge in [-0.25, -0.2) is 0 Å². The molecule has 0 bridgehead atoms. The lowest BCUT2D eigenvalue weighted by atomic mass is 10.2. The lowest BCUT2D eigenvalue weighted by Crippen LogP contribution is -2.21. The molecule has 2 aromatic carbocycles. The lowest BCUT2D eigenvalue weighted by molar-refractivity contribution is -0.141. The summed E-state index contributed by atoms with van der Waals surface area (Å²) in [5.41, 5.74) is 2.22. The van der Waals surface area contributed by atoms with Gasteiger partial charge in [0.25, 0.3) is 0 Å². The predicted octanol–water partition coefficient (Wildman–Crippen LogP) is 4.62. The Labute approximate surface area is 178 Å². The van der Waals surface area contributed by atoms with Gasteiger partial charge in [-0.05, 0) is 38.1 Å². The second-order valence-corrected chi connectivity index (χ2v) is 10.0. The van der Waals surface area contributed by atoms with Crippen LogP contribution in [0.15, 0.2) is 64.9 Å². The summed E-state index contributed by atoms with van der Waals surface area (Å²) < 4.78 is 23.2. The summed E-state index contributed by atoms with van der Waals surface area (Å²) >= 11 is 7.10. The van der Waals surface area contributed by atoms with E-state index < -0.39 is 6.64 Å². The van der Waals surface area contributed by atoms with Crippen molar-refractivity contribution >= 4 is 35.8 Å². The van der Waals surface area contributed by atoms with Crippen LogP contribution in [-0.2, 0) is 27.9 Å². The average Bonchev–Trinajstić information content (AvgIpc) is 3.11. The zero-order valence-electron chi connectivity index (χ0n) is 16.3. The molecule has 0 atom stereocenters. The fourth-order valence-electron chi connectivity index (χ4n) is 2.33. The van der Waals surface area contributed by atoms with Gasteiger partial charge in [-0.15, -0.1) is 11.3 Å². The number of ether oxygens (including phenoxy) is 1. The van der Waals surface area contributed by atoms with Gasteiger partial charge >= 0.3 is 12.6 Å². The van der Waals surface area contributed by atoms with E-state index in [9.17, 15) is 4.79 Å². The topological polar surface area (TPSA) is 62.1 Å². The van der Waals surface area contributed by atoms with Crippen LogP contribution in [0.2, 0.25) is 0 Å². The Morgan fingerprint density at radius 3 is 2.03 bits per heavy atom. The van der Waals surface area contributed by atoms with E-state index in [1.165, 1.54) is 18.4 Å². The number of rotatable bonds is 7. The first-order valence-electron chi connectivity index (χ1n) is 8.76. The minimum absolute atomic E-state index is 0.0310. The number of methoxy groups -OCH3 is 1. The normalized spacial score (nSPS) is 11.9. The number of nitrogens with zero attached hydrogens (tertiary/aromatic N) is 2. The van der Waals surface area contributed by atoms with Crippen molar-refractivity contribution < 1.29 is 18.6 Å². The van der Waals surface area contributed by atoms with E-state index in [4.69, 9.17) is 25.6 Å². The Balaban J connectivity index is 1.99. The third-order valence-electron chi connectivity index (χ3n) is 3.88. The number of esters is 1. The van der Waals surface area contributed by atoms with Crippen LogP contribution >= 0.6 is 18.0 Å². The minimum Gasteiger partial charge on any atom is -0.468 e. The number of thiazole rings is 1. The van der Waals surface area contributed by atoms with Crippen molar-refractivity contribution in [1.82, 2.24) is 4.57 Å². The van der Waals surface area contributed by atoms with Crippen molar-refractivity contribution in [2.24, 2.45) is 4.76 Å². The Hall–Kier alpha value is -2.41. The van der Waals surface area contributed by atoms with Crippen molar-refractivity contribution in [1.29, 1.82) is 0 Å². The van der Waals surface area contributed by atoms with Crippen LogP contribution in [0, 0.1) is 13.8 Å². The molecule has 0 radical (unpaired) electrons. The second kappa shape index (κ2) is 9.39. The number of aromatic nitrogens is 1. The van der Waals surface area contributed by atoms with E-state index in [-0.39, 0.29) is 12.5 Å². The first kappa shape index (κ1) is 21.3. The summed E-state index contributed by atoms with van der Waals surface area (Å²) in [6, 6.07) is 15.1. The molecule has 0 saturated carbocycles. The number of benzene rings is 2. The summed E-state index contributed by atoms with van der Waals surface area (Å²) in [6.45, 7) is 0.855. The van der Waals surface area contributed by atoms with Crippen LogP contribution < -0.4 is 13.8 Å². The number of carbonyl (C=O) groups excluding carboxylic acids is 1. The van der Waals surface area contributed by atoms with Crippen molar-refractivity contribution in [3.8, 4) is 11.5 Å². The molecule has 6 nitrogen and oxygen atoms in total. The van der Waals surface area contributed by atoms with Gasteiger partial charge in [0.05, 0.1) is 7.11 Å². The van der Waals surface area contributed by atoms with Gasteiger partial charge in [0, 0.05) is 23.4 Å². The molecule has 0 aliphatic carbocycles. The molecule has 0 aliphatic heterocycles. The Kier molecular flexibility index (Phi) is 6.90. The zero-order valence-corrected chi connectivity index (χ0v) is 18.8. The lowest BCUT2D eigenvalue weighted by Gasteiger charge is -2.19. The first-order valence-corrected chi connectivity index (χ1v) is 12.2. The van der Waals surface area contributed by atoms with Crippen molar-refractivity contribution in [3.63, 3.8) is 0 Å². The number of hydrogen-bond donors (Lipinski definition) is 0. The summed E-state index contributed by atoms with van der Waals surface area (Å²) in [7, 11) is 1.34. The molecule has 0 amide bonds. The number of hydrogen-bond acceptors (Lipinski definition) is 6. The highest BCUT2D eigenvalue weighted by Crippen LogP contribution is 2.50. The van der Waals surface area contributed by atoms with Crippen LogP contribution in [0.5, 0.6) is 11.5 Å². The quantitative estimate of drug-likeness (QED) is 0.390. The summed E-state index contributed by atoms with van der Waals surface area (Å²) in [5.74, 6) is 0.772. The monoisotopic (exact) mass is 448 g/mol. The largest absolute Gasteiger partial charge is 0.468 e. The van der Waals surface area contributed by atoms with Gasteiger partial charge < -0.3 is 18.4 Å². The molecular weight excluding hydrogens is 427 g/mol. The highest BCUT2D eigenvalue weighted by atomic mass is 32.5. The highest BCUT2D eigenvalue weighted by Gasteiger charge is 2.23. The third-order valence-corrected chi connectivity index (χ3v) is 6.82. The molecule has 0 saturated heterocycles. The van der Waals surface area contributed by atoms with Crippen molar-refractivity contribution in [2.45, 2.75) is 20.4 Å². The first-order chi connectivity index (χ1) is 13.9. The van der Waals surface area contributed by atoms with E-state index in [2.05, 4.69) is 4.76 Å². The maximum absolute atomic E-state index is 11.7. The van der Waals surface area contributed by atoms with Crippen LogP contribution in [0.1, 0.15) is 11.1 Å². The van der Waals surface area contributed by atoms with Gasteiger partial charge in [0.2, 0.25) is 0 Å². The molecule has 1 heterocycles. The van der Waals surface area contributed by atoms with Gasteiger partial charge in [0.1, 0.15) is 18.0 Å². The minimum atomic E-state index is -3.17. The fraction of sp³-hybridized carbons (Fsp3) is 0.200. The maximum atomic E-state index is 11.7. The molecule has 0 fully saturated rings. The molecule has 152 valence electrons. The van der Waals surface area contributed by atoms with Crippen molar-refractivity contribution in [2.75, 3.05) is 7.11 Å². The summed E-state index contributed by atoms with van der Waals surface area (Å²) in [6.07, 6.45) is 1.75. The van der Waals surface area contributed by atoms with Crippen LogP contribution in [0.3, 0.4) is 0 Å². The molecule has 0 aliphatic rings. The van der Waals surface area contributed by atoms with Gasteiger partial charge in [0.15, 0.2) is 4.80 Å². The maximum Gasteiger partial charge on any atom is 0.416 e. The molecule has 0 unspecified atom stereocenters. The molecule has 3 aromatic rings. The Bertz CT molecular complexity index is 1040. The SMILES string of the molecule is COC(=O)Cn1ccs/c1=N\P(=S)(Oc1ccc(C)cc1)Oc1ccc(C)cc1. The second-order valence-electron chi connectivity index (χ2n) is 6.27. The average molecular weight is 449 g/mol. The van der Waals surface area contributed by atoms with E-state index >= 15 is 0 Å². The van der Waals surface area contributed by atoms with Gasteiger partial charge in [-0.1, -0.05) is 35.4 Å². The molecular formula is C20H21N2O4PS2. The molecule has 0 N–H and O–H groups in total. The fourth-order valence-corrected chi connectivity index (χ4v) is 5.55. The molecule has 1 aromatic heterocycles. The molecule has 29 heavy (non-hydrogen) atoms. The standard InChI is InChI=1S/C20H21N2O4PS2/c1-15-4-8-17(9-5-15)25-27(28,26-18-10-6-16(2)7-11-18)21-20-22(12-13-29-20)14-19(23)24-3/h4-13H,14H2,1-3H3/b21-20-. The zero-order chi connectivity index (χ0) is 20.9. The Morgan fingerprint density at radius 1 is 1.03 bits per heavy atom. The molecule has 0 spiro atoms. The molecule has 3 rings (SSSR count). The van der Waals surface area contributed by atoms with Crippen molar-refractivity contribution in [3.05, 3.63) is 76.0 Å². The van der Waals surface area contributed by atoms with Crippen LogP contribution in [0.25, 0.3) is 0 Å². The summed E-state index contributed by atoms with van der Waals surface area (Å²) in [4.78, 5) is 12.2. The van der Waals surface area contributed by atoms with Gasteiger partial charge in [-0.2, -0.15) is 4.76 Å². The predicted molar refractivity (Wildman–Crippen MR) is 118 cm³/mol. The van der Waals surface area contributed by atoms with E-state index in [0.717, 1.165) is 11.1 Å². The van der Waals surface area contributed by atoms with E-state index in [1.807, 2.05) is 67.8 Å². The number of aryl methyl sites for hydroxylation is 2. The van der Waals surface area contributed by atoms with Crippen LogP contribution in [0.4, 0.5) is 0 Å². The number of carbonyl (C=O) groups is 1. The summed E-state index contributed by atoms with van der Waals surface area (Å²) in [5, 5.41) is 1.82. The molecule has 9 heteroatoms. The Morgan fingerprint density at radius 2 is 1.55 bits per heavy atom.